The van der Waals surface area contributed by atoms with Crippen molar-refractivity contribution >= 4 is 0 Å². The first-order valence-corrected chi connectivity index (χ1v) is 6.95. The molecule has 1 aromatic carbocycles. The van der Waals surface area contributed by atoms with E-state index in [4.69, 9.17) is 4.74 Å². The number of nitrogens with zero attached hydrogens (tertiary/aromatic N) is 1. The van der Waals surface area contributed by atoms with Crippen LogP contribution in [-0.4, -0.2) is 44.7 Å². The van der Waals surface area contributed by atoms with Gasteiger partial charge in [0.15, 0.2) is 0 Å². The predicted molar refractivity (Wildman–Crippen MR) is 75.2 cm³/mol. The SMILES string of the molecule is COc1ccccc1CCN1CCCNCCC1. The zero-order valence-electron chi connectivity index (χ0n) is 11.3. The number of rotatable bonds is 4. The van der Waals surface area contributed by atoms with Crippen molar-refractivity contribution in [3.63, 3.8) is 0 Å². The molecule has 0 unspecified atom stereocenters. The summed E-state index contributed by atoms with van der Waals surface area (Å²) in [7, 11) is 1.75. The number of ether oxygens (including phenoxy) is 1. The minimum Gasteiger partial charge on any atom is -0.496 e. The van der Waals surface area contributed by atoms with Crippen LogP contribution in [0.1, 0.15) is 18.4 Å². The van der Waals surface area contributed by atoms with Gasteiger partial charge in [-0.3, -0.25) is 0 Å². The maximum absolute atomic E-state index is 5.40. The second-order valence-corrected chi connectivity index (χ2v) is 4.86. The Bertz CT molecular complexity index is 346. The van der Waals surface area contributed by atoms with Gasteiger partial charge < -0.3 is 15.0 Å². The molecule has 0 aliphatic carbocycles. The highest BCUT2D eigenvalue weighted by Gasteiger charge is 2.09. The lowest BCUT2D eigenvalue weighted by atomic mass is 10.1. The fraction of sp³-hybridized carbons (Fsp3) is 0.600. The summed E-state index contributed by atoms with van der Waals surface area (Å²) in [4.78, 5) is 2.58. The molecule has 3 heteroatoms. The molecule has 1 saturated heterocycles. The summed E-state index contributed by atoms with van der Waals surface area (Å²) in [5.74, 6) is 1.02. The van der Waals surface area contributed by atoms with Gasteiger partial charge in [0.1, 0.15) is 5.75 Å². The fourth-order valence-corrected chi connectivity index (χ4v) is 2.50. The van der Waals surface area contributed by atoms with Crippen molar-refractivity contribution in [1.82, 2.24) is 10.2 Å². The molecule has 1 N–H and O–H groups in total. The van der Waals surface area contributed by atoms with E-state index in [9.17, 15) is 0 Å². The predicted octanol–water partition coefficient (Wildman–Crippen LogP) is 1.92. The van der Waals surface area contributed by atoms with Crippen molar-refractivity contribution in [3.8, 4) is 5.75 Å². The Morgan fingerprint density at radius 2 is 1.89 bits per heavy atom. The summed E-state index contributed by atoms with van der Waals surface area (Å²) in [6.45, 7) is 5.88. The molecule has 100 valence electrons. The van der Waals surface area contributed by atoms with E-state index in [-0.39, 0.29) is 0 Å². The van der Waals surface area contributed by atoms with E-state index >= 15 is 0 Å². The smallest absolute Gasteiger partial charge is 0.122 e. The number of hydrogen-bond donors (Lipinski definition) is 1. The molecule has 2 rings (SSSR count). The van der Waals surface area contributed by atoms with Crippen molar-refractivity contribution in [1.29, 1.82) is 0 Å². The van der Waals surface area contributed by atoms with Crippen LogP contribution in [0.3, 0.4) is 0 Å². The van der Waals surface area contributed by atoms with Gasteiger partial charge >= 0.3 is 0 Å². The van der Waals surface area contributed by atoms with Crippen LogP contribution in [-0.2, 0) is 6.42 Å². The highest BCUT2D eigenvalue weighted by atomic mass is 16.5. The number of nitrogens with one attached hydrogen (secondary N) is 1. The van der Waals surface area contributed by atoms with Gasteiger partial charge in [-0.05, 0) is 57.1 Å². The molecule has 0 spiro atoms. The third-order valence-electron chi connectivity index (χ3n) is 3.55. The molecule has 0 radical (unpaired) electrons. The molecule has 18 heavy (non-hydrogen) atoms. The molecule has 0 aromatic heterocycles. The minimum atomic E-state index is 1.02. The lowest BCUT2D eigenvalue weighted by Crippen LogP contribution is -2.35. The average molecular weight is 248 g/mol. The maximum Gasteiger partial charge on any atom is 0.122 e. The molecule has 0 atom stereocenters. The van der Waals surface area contributed by atoms with Crippen molar-refractivity contribution in [2.75, 3.05) is 39.8 Å². The summed E-state index contributed by atoms with van der Waals surface area (Å²) in [6.07, 6.45) is 3.59. The standard InChI is InChI=1S/C15H24N2O/c1-18-15-7-3-2-6-14(15)8-13-17-11-4-9-16-10-5-12-17/h2-3,6-7,16H,4-5,8-13H2,1H3. The van der Waals surface area contributed by atoms with E-state index in [0.29, 0.717) is 0 Å². The van der Waals surface area contributed by atoms with Crippen LogP contribution in [0.4, 0.5) is 0 Å². The Morgan fingerprint density at radius 1 is 1.17 bits per heavy atom. The van der Waals surface area contributed by atoms with Crippen LogP contribution < -0.4 is 10.1 Å². The molecule has 1 aromatic rings. The lowest BCUT2D eigenvalue weighted by Gasteiger charge is -2.25. The Morgan fingerprint density at radius 3 is 2.61 bits per heavy atom. The monoisotopic (exact) mass is 248 g/mol. The number of para-hydroxylation sites is 1. The molecule has 1 heterocycles. The summed E-state index contributed by atoms with van der Waals surface area (Å²) in [5, 5.41) is 3.45. The van der Waals surface area contributed by atoms with Crippen molar-refractivity contribution in [2.24, 2.45) is 0 Å². The van der Waals surface area contributed by atoms with E-state index < -0.39 is 0 Å². The molecular weight excluding hydrogens is 224 g/mol. The van der Waals surface area contributed by atoms with Gasteiger partial charge in [0.25, 0.3) is 0 Å². The van der Waals surface area contributed by atoms with Crippen molar-refractivity contribution < 1.29 is 4.74 Å². The van der Waals surface area contributed by atoms with Crippen LogP contribution in [0.25, 0.3) is 0 Å². The van der Waals surface area contributed by atoms with Crippen LogP contribution in [0, 0.1) is 0 Å². The third-order valence-corrected chi connectivity index (χ3v) is 3.55. The first-order valence-electron chi connectivity index (χ1n) is 6.95. The summed E-state index contributed by atoms with van der Waals surface area (Å²) in [5.41, 5.74) is 1.32. The van der Waals surface area contributed by atoms with E-state index in [1.165, 1.54) is 31.5 Å². The molecule has 3 nitrogen and oxygen atoms in total. The normalized spacial score (nSPS) is 18.1. The Hall–Kier alpha value is -1.06. The zero-order chi connectivity index (χ0) is 12.6. The van der Waals surface area contributed by atoms with Crippen LogP contribution in [0.5, 0.6) is 5.75 Å². The van der Waals surface area contributed by atoms with Gasteiger partial charge in [-0.25, -0.2) is 0 Å². The second-order valence-electron chi connectivity index (χ2n) is 4.86. The number of benzene rings is 1. The van der Waals surface area contributed by atoms with E-state index in [1.807, 2.05) is 12.1 Å². The summed E-state index contributed by atoms with van der Waals surface area (Å²) < 4.78 is 5.40. The molecule has 1 fully saturated rings. The highest BCUT2D eigenvalue weighted by molar-refractivity contribution is 5.33. The second kappa shape index (κ2) is 7.39. The van der Waals surface area contributed by atoms with Crippen LogP contribution in [0.15, 0.2) is 24.3 Å². The minimum absolute atomic E-state index is 1.02. The molecule has 1 aliphatic heterocycles. The topological polar surface area (TPSA) is 24.5 Å². The van der Waals surface area contributed by atoms with Gasteiger partial charge in [0.2, 0.25) is 0 Å². The number of hydrogen-bond acceptors (Lipinski definition) is 3. The lowest BCUT2D eigenvalue weighted by molar-refractivity contribution is 0.254. The molecule has 1 aliphatic rings. The molecule has 0 saturated carbocycles. The zero-order valence-corrected chi connectivity index (χ0v) is 11.3. The Labute approximate surface area is 110 Å². The summed E-state index contributed by atoms with van der Waals surface area (Å²) in [6, 6.07) is 8.34. The quantitative estimate of drug-likeness (QED) is 0.881. The average Bonchev–Trinajstić information content (AvgIpc) is 2.38. The molecule has 0 bridgehead atoms. The van der Waals surface area contributed by atoms with Gasteiger partial charge in [-0.1, -0.05) is 18.2 Å². The first kappa shape index (κ1) is 13.4. The first-order chi connectivity index (χ1) is 8.90. The van der Waals surface area contributed by atoms with E-state index in [1.54, 1.807) is 7.11 Å². The highest BCUT2D eigenvalue weighted by Crippen LogP contribution is 2.18. The van der Waals surface area contributed by atoms with Crippen molar-refractivity contribution in [3.05, 3.63) is 29.8 Å². The Kier molecular flexibility index (Phi) is 5.49. The fourth-order valence-electron chi connectivity index (χ4n) is 2.50. The van der Waals surface area contributed by atoms with Gasteiger partial charge in [0.05, 0.1) is 7.11 Å². The van der Waals surface area contributed by atoms with Gasteiger partial charge in [0, 0.05) is 6.54 Å². The molecular formula is C15H24N2O. The summed E-state index contributed by atoms with van der Waals surface area (Å²) >= 11 is 0. The maximum atomic E-state index is 5.40. The van der Waals surface area contributed by atoms with Crippen molar-refractivity contribution in [2.45, 2.75) is 19.3 Å². The number of methoxy groups -OCH3 is 1. The van der Waals surface area contributed by atoms with Crippen LogP contribution in [0.2, 0.25) is 0 Å². The van der Waals surface area contributed by atoms with E-state index in [0.717, 1.165) is 31.8 Å². The molecule has 0 amide bonds. The van der Waals surface area contributed by atoms with Crippen LogP contribution >= 0.6 is 0 Å². The third kappa shape index (κ3) is 4.00. The van der Waals surface area contributed by atoms with Gasteiger partial charge in [-0.2, -0.15) is 0 Å². The Balaban J connectivity index is 1.85. The van der Waals surface area contributed by atoms with Gasteiger partial charge in [-0.15, -0.1) is 0 Å². The van der Waals surface area contributed by atoms with E-state index in [2.05, 4.69) is 22.3 Å². The largest absolute Gasteiger partial charge is 0.496 e.